The molecule has 0 fully saturated rings. The molecule has 1 N–H and O–H groups in total. The number of rotatable bonds is 7. The number of amides is 3. The molecule has 0 atom stereocenters. The molecule has 0 aliphatic carbocycles. The Morgan fingerprint density at radius 3 is 2.59 bits per heavy atom. The molecule has 0 radical (unpaired) electrons. The van der Waals surface area contributed by atoms with E-state index in [0.29, 0.717) is 17.7 Å². The maximum Gasteiger partial charge on any atom is 0.308 e. The van der Waals surface area contributed by atoms with Crippen molar-refractivity contribution in [3.8, 4) is 0 Å². The van der Waals surface area contributed by atoms with E-state index >= 15 is 0 Å². The smallest absolute Gasteiger partial charge is 0.308 e. The number of ether oxygens (including phenoxy) is 1. The predicted molar refractivity (Wildman–Crippen MR) is 105 cm³/mol. The fourth-order valence-electron chi connectivity index (χ4n) is 3.10. The number of nitrogens with zero attached hydrogens (tertiary/aromatic N) is 1. The summed E-state index contributed by atoms with van der Waals surface area (Å²) in [4.78, 5) is 49.5. The lowest BCUT2D eigenvalue weighted by molar-refractivity contribution is -0.149. The number of nitrogens with one attached hydrogen (secondary N) is 1. The summed E-state index contributed by atoms with van der Waals surface area (Å²) >= 11 is 0. The highest BCUT2D eigenvalue weighted by Gasteiger charge is 2.30. The van der Waals surface area contributed by atoms with Crippen LogP contribution >= 0.6 is 0 Å². The second-order valence-electron chi connectivity index (χ2n) is 6.80. The van der Waals surface area contributed by atoms with Crippen molar-refractivity contribution in [2.75, 3.05) is 13.2 Å². The van der Waals surface area contributed by atoms with Crippen LogP contribution in [-0.4, -0.2) is 41.7 Å². The number of fused-ring (bicyclic) bond motifs is 1. The van der Waals surface area contributed by atoms with Crippen LogP contribution in [0.1, 0.15) is 33.5 Å². The van der Waals surface area contributed by atoms with Crippen LogP contribution in [0.2, 0.25) is 0 Å². The van der Waals surface area contributed by atoms with Crippen molar-refractivity contribution in [2.24, 2.45) is 0 Å². The minimum Gasteiger partial charge on any atom is -0.456 e. The van der Waals surface area contributed by atoms with Crippen LogP contribution in [-0.2, 0) is 32.1 Å². The first-order valence-electron chi connectivity index (χ1n) is 9.35. The van der Waals surface area contributed by atoms with E-state index in [2.05, 4.69) is 5.32 Å². The number of imide groups is 1. The van der Waals surface area contributed by atoms with Crippen LogP contribution in [0.15, 0.2) is 48.5 Å². The summed E-state index contributed by atoms with van der Waals surface area (Å²) in [5, 5.41) is 2.69. The van der Waals surface area contributed by atoms with Crippen molar-refractivity contribution < 1.29 is 23.9 Å². The van der Waals surface area contributed by atoms with Gasteiger partial charge in [0.2, 0.25) is 5.91 Å². The second-order valence-corrected chi connectivity index (χ2v) is 6.80. The molecule has 3 rings (SSSR count). The third-order valence-electron chi connectivity index (χ3n) is 4.78. The fourth-order valence-corrected chi connectivity index (χ4v) is 3.10. The summed E-state index contributed by atoms with van der Waals surface area (Å²) in [5.41, 5.74) is 3.19. The highest BCUT2D eigenvalue weighted by atomic mass is 16.5. The Balaban J connectivity index is 1.43. The number of carbonyl (C=O) groups excluding carboxylic acids is 4. The summed E-state index contributed by atoms with van der Waals surface area (Å²) in [6.45, 7) is 1.81. The van der Waals surface area contributed by atoms with Gasteiger partial charge in [0, 0.05) is 18.7 Å². The molecule has 7 heteroatoms. The molecule has 1 aliphatic rings. The van der Waals surface area contributed by atoms with Gasteiger partial charge in [-0.05, 0) is 29.7 Å². The van der Waals surface area contributed by atoms with Crippen LogP contribution in [0, 0.1) is 6.92 Å². The van der Waals surface area contributed by atoms with E-state index in [9.17, 15) is 19.2 Å². The molecule has 0 aromatic heterocycles. The van der Waals surface area contributed by atoms with Gasteiger partial charge in [-0.25, -0.2) is 0 Å². The molecule has 2 aromatic rings. The van der Waals surface area contributed by atoms with Gasteiger partial charge in [-0.15, -0.1) is 0 Å². The first-order chi connectivity index (χ1) is 14.0. The van der Waals surface area contributed by atoms with Gasteiger partial charge in [0.05, 0.1) is 12.8 Å². The Kier molecular flexibility index (Phi) is 6.39. The van der Waals surface area contributed by atoms with E-state index in [1.165, 1.54) is 0 Å². The zero-order valence-electron chi connectivity index (χ0n) is 16.1. The normalized spacial score (nSPS) is 13.1. The molecular formula is C22H22N2O5. The third kappa shape index (κ3) is 5.07. The van der Waals surface area contributed by atoms with E-state index in [-0.39, 0.29) is 25.3 Å². The van der Waals surface area contributed by atoms with E-state index < -0.39 is 24.4 Å². The highest BCUT2D eigenvalue weighted by molar-refractivity contribution is 6.09. The minimum atomic E-state index is -0.643. The zero-order valence-corrected chi connectivity index (χ0v) is 16.1. The first-order valence-corrected chi connectivity index (χ1v) is 9.35. The quantitative estimate of drug-likeness (QED) is 0.571. The largest absolute Gasteiger partial charge is 0.456 e. The van der Waals surface area contributed by atoms with Gasteiger partial charge in [0.1, 0.15) is 0 Å². The zero-order chi connectivity index (χ0) is 20.8. The molecule has 0 unspecified atom stereocenters. The van der Waals surface area contributed by atoms with Crippen LogP contribution in [0.25, 0.3) is 0 Å². The van der Waals surface area contributed by atoms with Crippen molar-refractivity contribution in [1.82, 2.24) is 10.2 Å². The predicted octanol–water partition coefficient (Wildman–Crippen LogP) is 1.77. The molecular weight excluding hydrogens is 372 g/mol. The molecule has 150 valence electrons. The van der Waals surface area contributed by atoms with Crippen molar-refractivity contribution >= 4 is 23.7 Å². The second kappa shape index (κ2) is 9.14. The van der Waals surface area contributed by atoms with Crippen molar-refractivity contribution in [3.63, 3.8) is 0 Å². The number of hydrogen-bond donors (Lipinski definition) is 1. The molecule has 0 saturated heterocycles. The molecule has 0 saturated carbocycles. The summed E-state index contributed by atoms with van der Waals surface area (Å²) in [6, 6.07) is 14.6. The Labute approximate surface area is 168 Å². The Bertz CT molecular complexity index is 954. The van der Waals surface area contributed by atoms with Gasteiger partial charge < -0.3 is 10.1 Å². The van der Waals surface area contributed by atoms with Crippen LogP contribution in [0.3, 0.4) is 0 Å². The lowest BCUT2D eigenvalue weighted by Crippen LogP contribution is -2.43. The molecule has 29 heavy (non-hydrogen) atoms. The lowest BCUT2D eigenvalue weighted by atomic mass is 9.98. The van der Waals surface area contributed by atoms with E-state index in [4.69, 9.17) is 4.74 Å². The molecule has 0 bridgehead atoms. The van der Waals surface area contributed by atoms with Gasteiger partial charge in [-0.1, -0.05) is 42.5 Å². The summed E-state index contributed by atoms with van der Waals surface area (Å²) < 4.78 is 4.95. The molecule has 2 aromatic carbocycles. The number of hydrogen-bond acceptors (Lipinski definition) is 5. The SMILES string of the molecule is Cc1ccccc1CNC(=O)COC(=O)CCN1C(=O)Cc2ccccc2C1=O. The van der Waals surface area contributed by atoms with Gasteiger partial charge >= 0.3 is 5.97 Å². The Morgan fingerprint density at radius 1 is 1.07 bits per heavy atom. The van der Waals surface area contributed by atoms with Crippen molar-refractivity contribution in [2.45, 2.75) is 26.3 Å². The van der Waals surface area contributed by atoms with Crippen LogP contribution < -0.4 is 5.32 Å². The highest BCUT2D eigenvalue weighted by Crippen LogP contribution is 2.19. The molecule has 1 aliphatic heterocycles. The molecule has 1 heterocycles. The minimum absolute atomic E-state index is 0.0737. The maximum atomic E-state index is 12.4. The average Bonchev–Trinajstić information content (AvgIpc) is 2.71. The number of benzene rings is 2. The van der Waals surface area contributed by atoms with E-state index in [0.717, 1.165) is 16.0 Å². The summed E-state index contributed by atoms with van der Waals surface area (Å²) in [5.74, 6) is -1.82. The lowest BCUT2D eigenvalue weighted by Gasteiger charge is -2.26. The number of esters is 1. The third-order valence-corrected chi connectivity index (χ3v) is 4.78. The van der Waals surface area contributed by atoms with Gasteiger partial charge in [-0.3, -0.25) is 24.1 Å². The number of aryl methyl sites for hydroxylation is 1. The van der Waals surface area contributed by atoms with Crippen LogP contribution in [0.5, 0.6) is 0 Å². The molecule has 7 nitrogen and oxygen atoms in total. The Morgan fingerprint density at radius 2 is 1.79 bits per heavy atom. The van der Waals surface area contributed by atoms with E-state index in [1.807, 2.05) is 31.2 Å². The maximum absolute atomic E-state index is 12.4. The first kappa shape index (κ1) is 20.3. The topological polar surface area (TPSA) is 92.8 Å². The van der Waals surface area contributed by atoms with Gasteiger partial charge in [0.15, 0.2) is 6.61 Å². The molecule has 0 spiro atoms. The van der Waals surface area contributed by atoms with Crippen molar-refractivity contribution in [3.05, 3.63) is 70.8 Å². The van der Waals surface area contributed by atoms with Gasteiger partial charge in [0.25, 0.3) is 11.8 Å². The Hall–Kier alpha value is -3.48. The standard InChI is InChI=1S/C22H22N2O5/c1-15-6-2-3-8-17(15)13-23-19(25)14-29-21(27)10-11-24-20(26)12-16-7-4-5-9-18(16)22(24)28/h2-9H,10-14H2,1H3,(H,23,25). The summed E-state index contributed by atoms with van der Waals surface area (Å²) in [7, 11) is 0. The number of carbonyl (C=O) groups is 4. The summed E-state index contributed by atoms with van der Waals surface area (Å²) in [6.07, 6.45) is -0.0387. The monoisotopic (exact) mass is 394 g/mol. The fraction of sp³-hybridized carbons (Fsp3) is 0.273. The van der Waals surface area contributed by atoms with Crippen LogP contribution in [0.4, 0.5) is 0 Å². The van der Waals surface area contributed by atoms with Crippen molar-refractivity contribution in [1.29, 1.82) is 0 Å². The van der Waals surface area contributed by atoms with E-state index in [1.54, 1.807) is 24.3 Å². The average molecular weight is 394 g/mol. The van der Waals surface area contributed by atoms with Gasteiger partial charge in [-0.2, -0.15) is 0 Å². The molecule has 3 amide bonds.